The van der Waals surface area contributed by atoms with E-state index in [2.05, 4.69) is 15.6 Å². The van der Waals surface area contributed by atoms with E-state index in [1.54, 1.807) is 12.1 Å². The summed E-state index contributed by atoms with van der Waals surface area (Å²) in [5, 5.41) is 6.72. The van der Waals surface area contributed by atoms with Crippen LogP contribution in [0.1, 0.15) is 11.1 Å². The van der Waals surface area contributed by atoms with Crippen molar-refractivity contribution in [3.8, 4) is 0 Å². The van der Waals surface area contributed by atoms with Gasteiger partial charge in [-0.25, -0.2) is 18.2 Å². The minimum absolute atomic E-state index is 0.00557. The lowest BCUT2D eigenvalue weighted by atomic mass is 9.96. The highest BCUT2D eigenvalue weighted by Crippen LogP contribution is 2.35. The maximum atomic E-state index is 13.7. The zero-order valence-electron chi connectivity index (χ0n) is 15.9. The third-order valence-electron chi connectivity index (χ3n) is 4.81. The molecule has 0 saturated heterocycles. The molecule has 0 saturated carbocycles. The Hall–Kier alpha value is -3.03. The highest BCUT2D eigenvalue weighted by Gasteiger charge is 2.36. The van der Waals surface area contributed by atoms with Crippen LogP contribution in [0.25, 0.3) is 0 Å². The third kappa shape index (κ3) is 3.99. The van der Waals surface area contributed by atoms with E-state index >= 15 is 0 Å². The number of amidine groups is 1. The summed E-state index contributed by atoms with van der Waals surface area (Å²) < 4.78 is 40.8. The number of fused-ring (bicyclic) bond motifs is 1. The lowest BCUT2D eigenvalue weighted by Crippen LogP contribution is -2.60. The molecule has 1 aliphatic heterocycles. The van der Waals surface area contributed by atoms with Crippen LogP contribution in [0.3, 0.4) is 0 Å². The average Bonchev–Trinajstić information content (AvgIpc) is 2.69. The van der Waals surface area contributed by atoms with Crippen LogP contribution in [0, 0.1) is 24.4 Å². The van der Waals surface area contributed by atoms with Crippen molar-refractivity contribution >= 4 is 34.5 Å². The number of halogens is 4. The van der Waals surface area contributed by atoms with Crippen LogP contribution in [0.15, 0.2) is 59.6 Å². The molecule has 4 nitrogen and oxygen atoms in total. The van der Waals surface area contributed by atoms with Crippen molar-refractivity contribution in [2.24, 2.45) is 10.7 Å². The zero-order valence-corrected chi connectivity index (χ0v) is 16.7. The van der Waals surface area contributed by atoms with Crippen molar-refractivity contribution in [3.63, 3.8) is 0 Å². The van der Waals surface area contributed by atoms with Gasteiger partial charge in [0.2, 0.25) is 0 Å². The van der Waals surface area contributed by atoms with Gasteiger partial charge in [0.05, 0.1) is 11.4 Å². The lowest BCUT2D eigenvalue weighted by molar-refractivity contribution is 0.448. The second-order valence-corrected chi connectivity index (χ2v) is 7.70. The summed E-state index contributed by atoms with van der Waals surface area (Å²) in [5.74, 6) is -3.91. The van der Waals surface area contributed by atoms with Crippen LogP contribution in [0.2, 0.25) is 5.02 Å². The minimum Gasteiger partial charge on any atom is -0.359 e. The van der Waals surface area contributed by atoms with Gasteiger partial charge in [-0.3, -0.25) is 0 Å². The van der Waals surface area contributed by atoms with E-state index in [1.807, 2.05) is 37.3 Å². The molecule has 1 atom stereocenters. The van der Waals surface area contributed by atoms with Crippen molar-refractivity contribution in [3.05, 3.63) is 88.2 Å². The van der Waals surface area contributed by atoms with Crippen LogP contribution in [-0.2, 0) is 6.42 Å². The molecule has 0 bridgehead atoms. The SMILES string of the molecule is Cc1ccc2c(c1)N=C(Nc1cc(F)c(F)c(F)c1)C(N)(Cc1ccc(Cl)cc1)N2. The highest BCUT2D eigenvalue weighted by atomic mass is 35.5. The maximum Gasteiger partial charge on any atom is 0.194 e. The molecule has 3 aromatic rings. The van der Waals surface area contributed by atoms with E-state index in [0.29, 0.717) is 17.1 Å². The second kappa shape index (κ2) is 7.66. The Balaban J connectivity index is 1.76. The first-order valence-electron chi connectivity index (χ1n) is 9.16. The summed E-state index contributed by atoms with van der Waals surface area (Å²) >= 11 is 5.96. The summed E-state index contributed by atoms with van der Waals surface area (Å²) in [7, 11) is 0. The number of nitrogens with zero attached hydrogens (tertiary/aromatic N) is 1. The molecule has 1 unspecified atom stereocenters. The van der Waals surface area contributed by atoms with Crippen molar-refractivity contribution in [2.45, 2.75) is 19.0 Å². The average molecular weight is 431 g/mol. The molecule has 0 spiro atoms. The van der Waals surface area contributed by atoms with Crippen LogP contribution in [-0.4, -0.2) is 11.5 Å². The van der Waals surface area contributed by atoms with Gasteiger partial charge < -0.3 is 16.4 Å². The number of aryl methyl sites for hydroxylation is 1. The molecule has 4 N–H and O–H groups in total. The molecule has 4 rings (SSSR count). The largest absolute Gasteiger partial charge is 0.359 e. The highest BCUT2D eigenvalue weighted by molar-refractivity contribution is 6.30. The van der Waals surface area contributed by atoms with Crippen molar-refractivity contribution in [2.75, 3.05) is 10.6 Å². The van der Waals surface area contributed by atoms with Crippen LogP contribution >= 0.6 is 11.6 Å². The molecule has 0 fully saturated rings. The first-order chi connectivity index (χ1) is 14.2. The Labute approximate surface area is 176 Å². The minimum atomic E-state index is -1.54. The van der Waals surface area contributed by atoms with Gasteiger partial charge in [-0.15, -0.1) is 0 Å². The predicted molar refractivity (Wildman–Crippen MR) is 114 cm³/mol. The van der Waals surface area contributed by atoms with E-state index in [4.69, 9.17) is 17.3 Å². The van der Waals surface area contributed by atoms with Gasteiger partial charge in [0.1, 0.15) is 11.5 Å². The molecule has 30 heavy (non-hydrogen) atoms. The summed E-state index contributed by atoms with van der Waals surface area (Å²) in [6.07, 6.45) is 0.301. The molecular weight excluding hydrogens is 413 g/mol. The molecular formula is C22H18ClF3N4. The van der Waals surface area contributed by atoms with Gasteiger partial charge in [-0.2, -0.15) is 0 Å². The van der Waals surface area contributed by atoms with Crippen molar-refractivity contribution < 1.29 is 13.2 Å². The topological polar surface area (TPSA) is 62.4 Å². The number of nitrogens with one attached hydrogen (secondary N) is 2. The van der Waals surface area contributed by atoms with E-state index in [1.165, 1.54) is 0 Å². The summed E-state index contributed by atoms with van der Waals surface area (Å²) in [5.41, 5.74) is 8.65. The Kier molecular flexibility index (Phi) is 5.17. The first kappa shape index (κ1) is 20.3. The Morgan fingerprint density at radius 2 is 1.70 bits per heavy atom. The number of rotatable bonds is 3. The molecule has 0 aliphatic carbocycles. The van der Waals surface area contributed by atoms with Gasteiger partial charge in [0, 0.05) is 29.3 Å². The van der Waals surface area contributed by atoms with Crippen molar-refractivity contribution in [1.29, 1.82) is 0 Å². The standard InChI is InChI=1S/C22H18ClF3N4/c1-12-2-7-18-19(8-12)29-21(28-15-9-16(24)20(26)17(25)10-15)22(27,30-18)11-13-3-5-14(23)6-4-13/h2-10,30H,11,27H2,1H3,(H,28,29). The molecule has 154 valence electrons. The maximum absolute atomic E-state index is 13.7. The van der Waals surface area contributed by atoms with E-state index in [0.717, 1.165) is 28.9 Å². The Morgan fingerprint density at radius 1 is 1.03 bits per heavy atom. The van der Waals surface area contributed by atoms with Gasteiger partial charge in [-0.05, 0) is 42.3 Å². The van der Waals surface area contributed by atoms with Crippen LogP contribution < -0.4 is 16.4 Å². The van der Waals surface area contributed by atoms with Crippen molar-refractivity contribution in [1.82, 2.24) is 0 Å². The molecule has 0 amide bonds. The predicted octanol–water partition coefficient (Wildman–Crippen LogP) is 5.53. The molecule has 1 aliphatic rings. The monoisotopic (exact) mass is 430 g/mol. The van der Waals surface area contributed by atoms with Crippen LogP contribution in [0.5, 0.6) is 0 Å². The van der Waals surface area contributed by atoms with E-state index in [-0.39, 0.29) is 11.5 Å². The number of anilines is 2. The third-order valence-corrected chi connectivity index (χ3v) is 5.06. The zero-order chi connectivity index (χ0) is 21.5. The molecule has 1 heterocycles. The van der Waals surface area contributed by atoms with Gasteiger partial charge >= 0.3 is 0 Å². The quantitative estimate of drug-likeness (QED) is 0.479. The second-order valence-electron chi connectivity index (χ2n) is 7.26. The number of benzene rings is 3. The van der Waals surface area contributed by atoms with Crippen LogP contribution in [0.4, 0.5) is 30.2 Å². The number of aliphatic imine (C=N–C) groups is 1. The fourth-order valence-corrected chi connectivity index (χ4v) is 3.44. The van der Waals surface area contributed by atoms with Gasteiger partial charge in [0.15, 0.2) is 17.5 Å². The number of nitrogens with two attached hydrogens (primary N) is 1. The fourth-order valence-electron chi connectivity index (χ4n) is 3.32. The smallest absolute Gasteiger partial charge is 0.194 e. The number of hydrogen-bond acceptors (Lipinski definition) is 4. The molecule has 3 aromatic carbocycles. The Morgan fingerprint density at radius 3 is 2.37 bits per heavy atom. The van der Waals surface area contributed by atoms with Gasteiger partial charge in [-0.1, -0.05) is 29.8 Å². The Bertz CT molecular complexity index is 1120. The fraction of sp³-hybridized carbons (Fsp3) is 0.136. The normalized spacial score (nSPS) is 17.7. The summed E-state index contributed by atoms with van der Waals surface area (Å²) in [4.78, 5) is 4.60. The van der Waals surface area contributed by atoms with E-state index < -0.39 is 23.1 Å². The summed E-state index contributed by atoms with van der Waals surface area (Å²) in [6.45, 7) is 1.92. The number of hydrogen-bond donors (Lipinski definition) is 3. The molecule has 0 aromatic heterocycles. The molecule has 0 radical (unpaired) electrons. The van der Waals surface area contributed by atoms with Gasteiger partial charge in [0.25, 0.3) is 0 Å². The first-order valence-corrected chi connectivity index (χ1v) is 9.54. The lowest BCUT2D eigenvalue weighted by Gasteiger charge is -2.37. The molecule has 8 heteroatoms. The van der Waals surface area contributed by atoms with E-state index in [9.17, 15) is 13.2 Å². The summed E-state index contributed by atoms with van der Waals surface area (Å²) in [6, 6.07) is 14.5.